The van der Waals surface area contributed by atoms with Crippen LogP contribution >= 0.6 is 22.7 Å². The normalized spacial score (nSPS) is 16.4. The fourth-order valence-electron chi connectivity index (χ4n) is 4.11. The Morgan fingerprint density at radius 1 is 0.976 bits per heavy atom. The average Bonchev–Trinajstić information content (AvgIpc) is 3.64. The number of aryl methyl sites for hydroxylation is 2. The molecule has 0 fully saturated rings. The van der Waals surface area contributed by atoms with Gasteiger partial charge in [-0.3, -0.25) is 25.0 Å². The van der Waals surface area contributed by atoms with Gasteiger partial charge in [-0.15, -0.1) is 20.4 Å². The van der Waals surface area contributed by atoms with Gasteiger partial charge in [-0.2, -0.15) is 0 Å². The molecule has 2 heterocycles. The van der Waals surface area contributed by atoms with E-state index in [1.165, 1.54) is 55.1 Å². The Balaban J connectivity index is 1.19. The molecule has 0 bridgehead atoms. The lowest BCUT2D eigenvalue weighted by Crippen LogP contribution is -2.35. The maximum atomic E-state index is 12.5. The summed E-state index contributed by atoms with van der Waals surface area (Å²) in [4.78, 5) is 36.7. The predicted octanol–water partition coefficient (Wildman–Crippen LogP) is 1.94. The van der Waals surface area contributed by atoms with Crippen LogP contribution in [0.3, 0.4) is 0 Å². The highest BCUT2D eigenvalue weighted by molar-refractivity contribution is 7.15. The number of nitrogens with zero attached hydrogens (tertiary/aromatic N) is 4. The van der Waals surface area contributed by atoms with Gasteiger partial charge in [-0.05, 0) is 36.1 Å². The van der Waals surface area contributed by atoms with Gasteiger partial charge in [0.05, 0.1) is 7.11 Å². The number of ether oxygens (including phenoxy) is 2. The molecule has 1 aromatic carbocycles. The van der Waals surface area contributed by atoms with Crippen LogP contribution in [-0.4, -0.2) is 79.7 Å². The number of nitrogens with one attached hydrogen (secondary N) is 2. The molecule has 3 unspecified atom stereocenters. The number of allylic oxidation sites excluding steroid dienone is 1. The first-order valence-corrected chi connectivity index (χ1v) is 14.6. The lowest BCUT2D eigenvalue weighted by atomic mass is 9.92. The molecule has 0 radical (unpaired) electrons. The molecular formula is C26H30N6O8S2. The number of benzene rings is 1. The van der Waals surface area contributed by atoms with Crippen LogP contribution in [0.4, 0.5) is 10.3 Å². The first kappa shape index (κ1) is 31.1. The van der Waals surface area contributed by atoms with E-state index in [9.17, 15) is 29.7 Å². The van der Waals surface area contributed by atoms with E-state index in [0.29, 0.717) is 28.4 Å². The number of hydrogen-bond acceptors (Lipinski definition) is 14. The predicted molar refractivity (Wildman–Crippen MR) is 152 cm³/mol. The van der Waals surface area contributed by atoms with Crippen molar-refractivity contribution in [3.63, 3.8) is 0 Å². The Morgan fingerprint density at radius 2 is 1.57 bits per heavy atom. The molecule has 14 nitrogen and oxygen atoms in total. The van der Waals surface area contributed by atoms with Gasteiger partial charge in [0.2, 0.25) is 10.3 Å². The van der Waals surface area contributed by atoms with E-state index in [4.69, 9.17) is 9.47 Å². The molecule has 2 aromatic heterocycles. The molecule has 3 atom stereocenters. The third-order valence-electron chi connectivity index (χ3n) is 6.42. The summed E-state index contributed by atoms with van der Waals surface area (Å²) in [5, 5.41) is 53.6. The largest absolute Gasteiger partial charge is 0.504 e. The number of methoxy groups -OCH3 is 2. The number of Topliss-reactive ketones (excluding diaryl/α,β-unsaturated/α-hetero) is 1. The molecule has 0 aliphatic heterocycles. The highest BCUT2D eigenvalue weighted by atomic mass is 32.1. The molecule has 16 heteroatoms. The van der Waals surface area contributed by atoms with Crippen LogP contribution in [0.5, 0.6) is 11.5 Å². The lowest BCUT2D eigenvalue weighted by molar-refractivity contribution is -0.129. The van der Waals surface area contributed by atoms with E-state index in [1.54, 1.807) is 6.08 Å². The van der Waals surface area contributed by atoms with Crippen molar-refractivity contribution in [3.05, 3.63) is 45.4 Å². The first-order valence-electron chi connectivity index (χ1n) is 12.9. The molecule has 0 saturated heterocycles. The zero-order valence-electron chi connectivity index (χ0n) is 22.8. The van der Waals surface area contributed by atoms with Gasteiger partial charge in [0.25, 0.3) is 11.8 Å². The molecule has 42 heavy (non-hydrogen) atoms. The fraction of sp³-hybridized carbons (Fsp3) is 0.423. The number of hydrogen-bond donors (Lipinski definition) is 5. The van der Waals surface area contributed by atoms with Gasteiger partial charge >= 0.3 is 0 Å². The number of aliphatic hydroxyl groups is 2. The molecule has 0 saturated carbocycles. The number of phenolic OH excluding ortho intramolecular Hbond substituents is 1. The molecule has 1 aliphatic rings. The number of phenols is 1. The molecule has 1 aliphatic carbocycles. The van der Waals surface area contributed by atoms with Gasteiger partial charge in [-0.25, -0.2) is 0 Å². The number of ketones is 1. The summed E-state index contributed by atoms with van der Waals surface area (Å²) in [6.45, 7) is 0. The third kappa shape index (κ3) is 7.92. The maximum absolute atomic E-state index is 12.5. The minimum absolute atomic E-state index is 0.0931. The average molecular weight is 619 g/mol. The fourth-order valence-corrected chi connectivity index (χ4v) is 5.68. The van der Waals surface area contributed by atoms with Crippen molar-refractivity contribution in [2.75, 3.05) is 24.9 Å². The number of carbonyl (C=O) groups is 3. The van der Waals surface area contributed by atoms with E-state index in [-0.39, 0.29) is 46.0 Å². The molecule has 5 N–H and O–H groups in total. The minimum atomic E-state index is -1.49. The SMILES string of the molecule is COc1cc(C(O)C(=O)Nc2nnc(CCCCc3nnc(NC(=O)C(O)C4=CCC(=O)C(OC)C4)s3)s2)ccc1O. The Bertz CT molecular complexity index is 1460. The van der Waals surface area contributed by atoms with Crippen molar-refractivity contribution in [2.24, 2.45) is 0 Å². The quantitative estimate of drug-likeness (QED) is 0.138. The molecular weight excluding hydrogens is 588 g/mol. The smallest absolute Gasteiger partial charge is 0.259 e. The van der Waals surface area contributed by atoms with Crippen molar-refractivity contribution in [3.8, 4) is 11.5 Å². The second-order valence-electron chi connectivity index (χ2n) is 9.30. The van der Waals surface area contributed by atoms with Gasteiger partial charge in [0.1, 0.15) is 16.1 Å². The first-order chi connectivity index (χ1) is 20.2. The van der Waals surface area contributed by atoms with Crippen molar-refractivity contribution in [1.29, 1.82) is 0 Å². The monoisotopic (exact) mass is 618 g/mol. The second kappa shape index (κ2) is 14.4. The summed E-state index contributed by atoms with van der Waals surface area (Å²) in [6, 6.07) is 4.12. The van der Waals surface area contributed by atoms with Crippen LogP contribution in [0.15, 0.2) is 29.8 Å². The van der Waals surface area contributed by atoms with Crippen LogP contribution in [-0.2, 0) is 32.0 Å². The van der Waals surface area contributed by atoms with Gasteiger partial charge < -0.3 is 24.8 Å². The van der Waals surface area contributed by atoms with Crippen molar-refractivity contribution in [2.45, 2.75) is 56.8 Å². The number of anilines is 2. The van der Waals surface area contributed by atoms with Crippen LogP contribution in [0, 0.1) is 0 Å². The number of aliphatic hydroxyl groups excluding tert-OH is 2. The summed E-state index contributed by atoms with van der Waals surface area (Å²) < 4.78 is 10.1. The highest BCUT2D eigenvalue weighted by Crippen LogP contribution is 2.30. The van der Waals surface area contributed by atoms with Gasteiger partial charge in [-0.1, -0.05) is 34.8 Å². The minimum Gasteiger partial charge on any atom is -0.504 e. The van der Waals surface area contributed by atoms with E-state index < -0.39 is 30.1 Å². The highest BCUT2D eigenvalue weighted by Gasteiger charge is 2.30. The Morgan fingerprint density at radius 3 is 2.14 bits per heavy atom. The summed E-state index contributed by atoms with van der Waals surface area (Å²) in [6.07, 6.45) is 0.989. The molecule has 4 rings (SSSR count). The Kier molecular flexibility index (Phi) is 10.6. The maximum Gasteiger partial charge on any atom is 0.259 e. The van der Waals surface area contributed by atoms with E-state index in [0.717, 1.165) is 12.8 Å². The van der Waals surface area contributed by atoms with Crippen LogP contribution < -0.4 is 15.4 Å². The molecule has 0 spiro atoms. The number of carbonyl (C=O) groups excluding carboxylic acids is 3. The van der Waals surface area contributed by atoms with Crippen molar-refractivity contribution < 1.29 is 39.2 Å². The summed E-state index contributed by atoms with van der Waals surface area (Å²) in [5.74, 6) is -1.40. The molecule has 224 valence electrons. The number of rotatable bonds is 13. The Labute approximate surface area is 248 Å². The van der Waals surface area contributed by atoms with E-state index in [1.807, 2.05) is 0 Å². The van der Waals surface area contributed by atoms with E-state index >= 15 is 0 Å². The van der Waals surface area contributed by atoms with E-state index in [2.05, 4.69) is 31.0 Å². The number of amides is 2. The topological polar surface area (TPSA) is 206 Å². The second-order valence-corrected chi connectivity index (χ2v) is 11.4. The zero-order valence-corrected chi connectivity index (χ0v) is 24.4. The molecule has 3 aromatic rings. The zero-order chi connectivity index (χ0) is 30.2. The van der Waals surface area contributed by atoms with Crippen molar-refractivity contribution in [1.82, 2.24) is 20.4 Å². The number of aromatic hydroxyl groups is 1. The van der Waals surface area contributed by atoms with Gasteiger partial charge in [0, 0.05) is 32.8 Å². The van der Waals surface area contributed by atoms with Crippen molar-refractivity contribution >= 4 is 50.5 Å². The third-order valence-corrected chi connectivity index (χ3v) is 8.22. The standard InChI is InChI=1S/C26H30N6O8S2/c1-39-17-11-13(7-9-15(17)33)21(35)23(37)27-25-31-29-19(41-25)5-3-4-6-20-30-32-26(42-20)28-24(38)22(36)14-8-10-16(34)18(12-14)40-2/h7-9,11,18,21-22,33,35-36H,3-6,10,12H2,1-2H3,(H,27,31,37)(H,28,32,38). The van der Waals surface area contributed by atoms with Crippen LogP contribution in [0.1, 0.15) is 47.4 Å². The summed E-state index contributed by atoms with van der Waals surface area (Å²) in [5.41, 5.74) is 0.680. The van der Waals surface area contributed by atoms with Gasteiger partial charge in [0.15, 0.2) is 29.5 Å². The Hall–Kier alpha value is -3.83. The summed E-state index contributed by atoms with van der Waals surface area (Å²) in [7, 11) is 2.78. The van der Waals surface area contributed by atoms with Crippen LogP contribution in [0.25, 0.3) is 0 Å². The van der Waals surface area contributed by atoms with Crippen LogP contribution in [0.2, 0.25) is 0 Å². The molecule has 2 amide bonds. The number of unbranched alkanes of at least 4 members (excludes halogenated alkanes) is 1. The number of aromatic nitrogens is 4. The lowest BCUT2D eigenvalue weighted by Gasteiger charge is -2.23. The summed E-state index contributed by atoms with van der Waals surface area (Å²) >= 11 is 2.41.